The molecule has 0 unspecified atom stereocenters. The predicted octanol–water partition coefficient (Wildman–Crippen LogP) is 4.17. The van der Waals surface area contributed by atoms with E-state index in [2.05, 4.69) is 20.6 Å². The second kappa shape index (κ2) is 8.84. The summed E-state index contributed by atoms with van der Waals surface area (Å²) in [6.07, 6.45) is 1.70. The van der Waals surface area contributed by atoms with Crippen molar-refractivity contribution < 1.29 is 14.3 Å². The van der Waals surface area contributed by atoms with Gasteiger partial charge in [-0.05, 0) is 61.0 Å². The number of benzene rings is 2. The highest BCUT2D eigenvalue weighted by Gasteiger charge is 2.17. The number of guanidine groups is 1. The van der Waals surface area contributed by atoms with Crippen LogP contribution in [0.1, 0.15) is 21.6 Å². The molecule has 2 N–H and O–H groups in total. The van der Waals surface area contributed by atoms with Crippen LogP contribution in [0.15, 0.2) is 65.8 Å². The van der Waals surface area contributed by atoms with Crippen molar-refractivity contribution in [2.75, 3.05) is 12.1 Å². The van der Waals surface area contributed by atoms with E-state index >= 15 is 0 Å². The summed E-state index contributed by atoms with van der Waals surface area (Å²) in [5, 5.41) is 6.64. The quantitative estimate of drug-likeness (QED) is 0.487. The highest BCUT2D eigenvalue weighted by Crippen LogP contribution is 2.32. The van der Waals surface area contributed by atoms with Gasteiger partial charge in [0.05, 0.1) is 12.2 Å². The Balaban J connectivity index is 1.56. The van der Waals surface area contributed by atoms with Crippen molar-refractivity contribution in [2.24, 2.45) is 4.99 Å². The van der Waals surface area contributed by atoms with Crippen LogP contribution in [0.3, 0.4) is 0 Å². The number of carbonyl (C=O) groups excluding carboxylic acids is 1. The number of ether oxygens (including phenoxy) is 2. The monoisotopic (exact) mass is 422 g/mol. The number of anilines is 1. The highest BCUT2D eigenvalue weighted by molar-refractivity contribution is 6.30. The Labute approximate surface area is 178 Å². The summed E-state index contributed by atoms with van der Waals surface area (Å²) in [5.41, 5.74) is 2.91. The van der Waals surface area contributed by atoms with Crippen LogP contribution < -0.4 is 20.1 Å². The zero-order valence-electron chi connectivity index (χ0n) is 16.2. The summed E-state index contributed by atoms with van der Waals surface area (Å²) in [6, 6.07) is 16.1. The number of hydrogen-bond donors (Lipinski definition) is 2. The predicted molar refractivity (Wildman–Crippen MR) is 115 cm³/mol. The average molecular weight is 423 g/mol. The van der Waals surface area contributed by atoms with Gasteiger partial charge in [0.15, 0.2) is 11.5 Å². The molecule has 1 aromatic heterocycles. The maximum absolute atomic E-state index is 12.8. The topological polar surface area (TPSA) is 84.8 Å². The van der Waals surface area contributed by atoms with Gasteiger partial charge in [0, 0.05) is 22.5 Å². The van der Waals surface area contributed by atoms with Gasteiger partial charge in [-0.3, -0.25) is 15.1 Å². The molecule has 1 amide bonds. The van der Waals surface area contributed by atoms with Crippen molar-refractivity contribution in [3.05, 3.63) is 82.6 Å². The minimum atomic E-state index is -0.327. The summed E-state index contributed by atoms with van der Waals surface area (Å²) in [4.78, 5) is 21.6. The molecule has 2 aromatic carbocycles. The number of fused-ring (bicyclic) bond motifs is 1. The molecule has 0 saturated carbocycles. The van der Waals surface area contributed by atoms with Gasteiger partial charge >= 0.3 is 0 Å². The van der Waals surface area contributed by atoms with E-state index in [4.69, 9.17) is 21.1 Å². The van der Waals surface area contributed by atoms with Gasteiger partial charge in [0.25, 0.3) is 5.91 Å². The molecule has 2 heterocycles. The lowest BCUT2D eigenvalue weighted by Crippen LogP contribution is -2.36. The first-order chi connectivity index (χ1) is 14.6. The maximum Gasteiger partial charge on any atom is 0.258 e. The number of aliphatic imine (C=N–C) groups is 1. The third-order valence-corrected chi connectivity index (χ3v) is 4.67. The Morgan fingerprint density at radius 1 is 1.13 bits per heavy atom. The molecule has 1 aliphatic rings. The van der Waals surface area contributed by atoms with Crippen LogP contribution in [0.2, 0.25) is 5.02 Å². The highest BCUT2D eigenvalue weighted by atomic mass is 35.5. The Morgan fingerprint density at radius 3 is 2.80 bits per heavy atom. The van der Waals surface area contributed by atoms with Gasteiger partial charge < -0.3 is 14.8 Å². The number of aryl methyl sites for hydroxylation is 1. The molecule has 0 fully saturated rings. The molecule has 0 saturated heterocycles. The van der Waals surface area contributed by atoms with E-state index in [1.165, 1.54) is 0 Å². The zero-order valence-corrected chi connectivity index (χ0v) is 16.9. The minimum Gasteiger partial charge on any atom is -0.454 e. The molecule has 0 bridgehead atoms. The van der Waals surface area contributed by atoms with Gasteiger partial charge in [0.1, 0.15) is 0 Å². The number of rotatable bonds is 4. The van der Waals surface area contributed by atoms with Crippen LogP contribution in [0.4, 0.5) is 5.69 Å². The van der Waals surface area contributed by atoms with Crippen LogP contribution in [0.25, 0.3) is 0 Å². The van der Waals surface area contributed by atoms with Crippen LogP contribution in [-0.2, 0) is 6.54 Å². The largest absolute Gasteiger partial charge is 0.454 e. The molecule has 3 aromatic rings. The molecule has 30 heavy (non-hydrogen) atoms. The fraction of sp³-hybridized carbons (Fsp3) is 0.136. The summed E-state index contributed by atoms with van der Waals surface area (Å²) in [5.74, 6) is 1.13. The average Bonchev–Trinajstić information content (AvgIpc) is 3.22. The number of aromatic nitrogens is 1. The first-order valence-electron chi connectivity index (χ1n) is 9.27. The van der Waals surface area contributed by atoms with Crippen LogP contribution in [0.5, 0.6) is 11.5 Å². The maximum atomic E-state index is 12.8. The Hall–Kier alpha value is -3.58. The molecular weight excluding hydrogens is 404 g/mol. The van der Waals surface area contributed by atoms with Crippen molar-refractivity contribution in [1.29, 1.82) is 0 Å². The summed E-state index contributed by atoms with van der Waals surface area (Å²) in [7, 11) is 0. The second-order valence-corrected chi connectivity index (χ2v) is 7.03. The number of hydrogen-bond acceptors (Lipinski definition) is 5. The molecular formula is C22H19ClN4O3. The number of nitrogens with one attached hydrogen (secondary N) is 2. The molecule has 8 heteroatoms. The van der Waals surface area contributed by atoms with E-state index in [-0.39, 0.29) is 12.7 Å². The summed E-state index contributed by atoms with van der Waals surface area (Å²) in [6.45, 7) is 2.37. The number of nitrogens with zero attached hydrogens (tertiary/aromatic N) is 2. The molecule has 0 spiro atoms. The van der Waals surface area contributed by atoms with E-state index in [9.17, 15) is 4.79 Å². The summed E-state index contributed by atoms with van der Waals surface area (Å²) < 4.78 is 10.6. The van der Waals surface area contributed by atoms with E-state index in [1.807, 2.05) is 37.3 Å². The zero-order chi connectivity index (χ0) is 20.9. The Bertz CT molecular complexity index is 1100. The lowest BCUT2D eigenvalue weighted by atomic mass is 10.2. The van der Waals surface area contributed by atoms with Gasteiger partial charge in [-0.25, -0.2) is 4.99 Å². The van der Waals surface area contributed by atoms with Crippen molar-refractivity contribution >= 4 is 29.2 Å². The second-order valence-electron chi connectivity index (χ2n) is 6.59. The van der Waals surface area contributed by atoms with Crippen LogP contribution in [0, 0.1) is 6.92 Å². The van der Waals surface area contributed by atoms with Crippen molar-refractivity contribution in [2.45, 2.75) is 13.5 Å². The smallest absolute Gasteiger partial charge is 0.258 e. The Kier molecular flexibility index (Phi) is 5.81. The third kappa shape index (κ3) is 4.69. The van der Waals surface area contributed by atoms with Crippen LogP contribution >= 0.6 is 11.6 Å². The SMILES string of the molecule is Cc1cc(Cl)ccc1NC(=NCc1ccccn1)NC(=O)c1ccc2c(c1)OCO2. The van der Waals surface area contributed by atoms with E-state index in [0.29, 0.717) is 34.6 Å². The van der Waals surface area contributed by atoms with Gasteiger partial charge in [-0.1, -0.05) is 17.7 Å². The first-order valence-corrected chi connectivity index (χ1v) is 9.65. The van der Waals surface area contributed by atoms with Gasteiger partial charge in [-0.15, -0.1) is 0 Å². The standard InChI is InChI=1S/C22H19ClN4O3/c1-14-10-16(23)6-7-18(14)26-22(25-12-17-4-2-3-9-24-17)27-21(28)15-5-8-19-20(11-15)30-13-29-19/h2-11H,12-13H2,1H3,(H2,25,26,27,28). The van der Waals surface area contributed by atoms with Crippen molar-refractivity contribution in [3.8, 4) is 11.5 Å². The molecule has 0 radical (unpaired) electrons. The lowest BCUT2D eigenvalue weighted by molar-refractivity contribution is 0.0976. The number of pyridine rings is 1. The molecule has 7 nitrogen and oxygen atoms in total. The van der Waals surface area contributed by atoms with Gasteiger partial charge in [0.2, 0.25) is 12.8 Å². The Morgan fingerprint density at radius 2 is 2.00 bits per heavy atom. The summed E-state index contributed by atoms with van der Waals surface area (Å²) >= 11 is 6.05. The van der Waals surface area contributed by atoms with E-state index < -0.39 is 0 Å². The molecule has 4 rings (SSSR count). The number of amides is 1. The minimum absolute atomic E-state index is 0.147. The third-order valence-electron chi connectivity index (χ3n) is 4.43. The fourth-order valence-corrected chi connectivity index (χ4v) is 3.10. The number of halogens is 1. The molecule has 1 aliphatic heterocycles. The van der Waals surface area contributed by atoms with Crippen molar-refractivity contribution in [1.82, 2.24) is 10.3 Å². The fourth-order valence-electron chi connectivity index (χ4n) is 2.87. The molecule has 152 valence electrons. The molecule has 0 atom stereocenters. The van der Waals surface area contributed by atoms with Crippen molar-refractivity contribution in [3.63, 3.8) is 0 Å². The normalized spacial score (nSPS) is 12.5. The first kappa shape index (κ1) is 19.7. The molecule has 0 aliphatic carbocycles. The van der Waals surface area contributed by atoms with Gasteiger partial charge in [-0.2, -0.15) is 0 Å². The van der Waals surface area contributed by atoms with Crippen LogP contribution in [-0.4, -0.2) is 23.6 Å². The van der Waals surface area contributed by atoms with E-state index in [0.717, 1.165) is 16.9 Å². The van der Waals surface area contributed by atoms with E-state index in [1.54, 1.807) is 30.5 Å². The number of carbonyl (C=O) groups is 1. The lowest BCUT2D eigenvalue weighted by Gasteiger charge is -2.14.